The Kier molecular flexibility index (Phi) is 4.74. The van der Waals surface area contributed by atoms with Gasteiger partial charge < -0.3 is 5.32 Å². The minimum absolute atomic E-state index is 0.220. The predicted octanol–water partition coefficient (Wildman–Crippen LogP) is 2.36. The number of thiophene rings is 1. The van der Waals surface area contributed by atoms with Crippen molar-refractivity contribution in [3.05, 3.63) is 40.2 Å². The van der Waals surface area contributed by atoms with Gasteiger partial charge in [-0.1, -0.05) is 0 Å². The molecule has 0 atom stereocenters. The quantitative estimate of drug-likeness (QED) is 0.859. The van der Waals surface area contributed by atoms with E-state index < -0.39 is 10.0 Å². The summed E-state index contributed by atoms with van der Waals surface area (Å²) in [7, 11) is -3.52. The number of pyridine rings is 1. The maximum atomic E-state index is 12.2. The molecule has 0 fully saturated rings. The molecule has 0 aromatic carbocycles. The van der Waals surface area contributed by atoms with E-state index in [4.69, 9.17) is 0 Å². The zero-order chi connectivity index (χ0) is 14.6. The third kappa shape index (κ3) is 3.56. The maximum absolute atomic E-state index is 12.2. The Bertz CT molecular complexity index is 680. The molecule has 0 unspecified atom stereocenters. The lowest BCUT2D eigenvalue weighted by atomic mass is 10.3. The van der Waals surface area contributed by atoms with Crippen LogP contribution in [0.25, 0.3) is 0 Å². The molecule has 2 aromatic rings. The van der Waals surface area contributed by atoms with Gasteiger partial charge in [0.2, 0.25) is 10.0 Å². The average molecular weight is 311 g/mol. The number of nitrogens with one attached hydrogen (secondary N) is 2. The van der Waals surface area contributed by atoms with E-state index in [0.717, 1.165) is 10.4 Å². The fraction of sp³-hybridized carbons (Fsp3) is 0.308. The molecule has 0 saturated carbocycles. The van der Waals surface area contributed by atoms with Gasteiger partial charge in [-0.25, -0.2) is 18.1 Å². The maximum Gasteiger partial charge on any atom is 0.241 e. The van der Waals surface area contributed by atoms with Gasteiger partial charge >= 0.3 is 0 Å². The van der Waals surface area contributed by atoms with Gasteiger partial charge in [0.1, 0.15) is 5.82 Å². The standard InChI is InChI=1S/C13H17N3O2S2/c1-3-14-13-8-11(4-6-15-13)20(17,18)16-9-12-10(2)5-7-19-12/h4-8,16H,3,9H2,1-2H3,(H,14,15). The van der Waals surface area contributed by atoms with Crippen LogP contribution in [0.5, 0.6) is 0 Å². The summed E-state index contributed by atoms with van der Waals surface area (Å²) in [6.45, 7) is 4.90. The molecule has 0 amide bonds. The van der Waals surface area contributed by atoms with Crippen molar-refractivity contribution >= 4 is 27.2 Å². The van der Waals surface area contributed by atoms with Gasteiger partial charge in [-0.05, 0) is 36.9 Å². The minimum Gasteiger partial charge on any atom is -0.370 e. The summed E-state index contributed by atoms with van der Waals surface area (Å²) in [5.74, 6) is 0.558. The molecule has 2 rings (SSSR count). The van der Waals surface area contributed by atoms with Crippen LogP contribution in [0.2, 0.25) is 0 Å². The van der Waals surface area contributed by atoms with Crippen molar-refractivity contribution in [1.82, 2.24) is 9.71 Å². The van der Waals surface area contributed by atoms with Crippen molar-refractivity contribution in [2.24, 2.45) is 0 Å². The Hall–Kier alpha value is -1.44. The third-order valence-corrected chi connectivity index (χ3v) is 5.21. The number of anilines is 1. The van der Waals surface area contributed by atoms with E-state index >= 15 is 0 Å². The smallest absolute Gasteiger partial charge is 0.241 e. The summed E-state index contributed by atoms with van der Waals surface area (Å²) in [6, 6.07) is 5.00. The van der Waals surface area contributed by atoms with E-state index in [1.54, 1.807) is 11.3 Å². The first-order valence-corrected chi connectivity index (χ1v) is 8.62. The monoisotopic (exact) mass is 311 g/mol. The van der Waals surface area contributed by atoms with Gasteiger partial charge in [-0.2, -0.15) is 0 Å². The van der Waals surface area contributed by atoms with Gasteiger partial charge in [0.05, 0.1) is 4.90 Å². The molecule has 2 aromatic heterocycles. The third-order valence-electron chi connectivity index (χ3n) is 2.79. The molecule has 108 valence electrons. The van der Waals surface area contributed by atoms with Gasteiger partial charge in [0.15, 0.2) is 0 Å². The van der Waals surface area contributed by atoms with Gasteiger partial charge in [-0.3, -0.25) is 0 Å². The second kappa shape index (κ2) is 6.34. The summed E-state index contributed by atoms with van der Waals surface area (Å²) in [5, 5.41) is 4.95. The van der Waals surface area contributed by atoms with Crippen molar-refractivity contribution in [3.8, 4) is 0 Å². The Labute approximate surface area is 123 Å². The molecule has 0 bridgehead atoms. The first-order valence-electron chi connectivity index (χ1n) is 6.25. The molecule has 0 saturated heterocycles. The lowest BCUT2D eigenvalue weighted by Gasteiger charge is -2.08. The summed E-state index contributed by atoms with van der Waals surface area (Å²) in [5.41, 5.74) is 1.10. The summed E-state index contributed by atoms with van der Waals surface area (Å²) in [4.78, 5) is 5.31. The van der Waals surface area contributed by atoms with Crippen LogP contribution in [0.15, 0.2) is 34.7 Å². The second-order valence-corrected chi connectivity index (χ2v) is 7.03. The van der Waals surface area contributed by atoms with Crippen LogP contribution in [0.4, 0.5) is 5.82 Å². The number of rotatable bonds is 6. The average Bonchev–Trinajstić information content (AvgIpc) is 2.83. The van der Waals surface area contributed by atoms with E-state index in [-0.39, 0.29) is 4.90 Å². The summed E-state index contributed by atoms with van der Waals surface area (Å²) in [6.07, 6.45) is 1.49. The highest BCUT2D eigenvalue weighted by atomic mass is 32.2. The SMILES string of the molecule is CCNc1cc(S(=O)(=O)NCc2sccc2C)ccn1. The molecule has 0 spiro atoms. The highest BCUT2D eigenvalue weighted by Gasteiger charge is 2.15. The van der Waals surface area contributed by atoms with Crippen LogP contribution < -0.4 is 10.0 Å². The number of sulfonamides is 1. The fourth-order valence-corrected chi connectivity index (χ4v) is 3.63. The zero-order valence-electron chi connectivity index (χ0n) is 11.4. The lowest BCUT2D eigenvalue weighted by molar-refractivity contribution is 0.581. The molecule has 2 heterocycles. The Morgan fingerprint density at radius 2 is 2.15 bits per heavy atom. The highest BCUT2D eigenvalue weighted by Crippen LogP contribution is 2.17. The van der Waals surface area contributed by atoms with Crippen LogP contribution in [0, 0.1) is 6.92 Å². The van der Waals surface area contributed by atoms with Crippen LogP contribution >= 0.6 is 11.3 Å². The number of hydrogen-bond donors (Lipinski definition) is 2. The summed E-state index contributed by atoms with van der Waals surface area (Å²) < 4.78 is 27.1. The molecule has 0 aliphatic carbocycles. The van der Waals surface area contributed by atoms with Gasteiger partial charge in [0, 0.05) is 30.2 Å². The van der Waals surface area contributed by atoms with Gasteiger partial charge in [0.25, 0.3) is 0 Å². The molecule has 2 N–H and O–H groups in total. The molecule has 0 aliphatic rings. The highest BCUT2D eigenvalue weighted by molar-refractivity contribution is 7.89. The first kappa shape index (κ1) is 15.0. The van der Waals surface area contributed by atoms with Gasteiger partial charge in [-0.15, -0.1) is 11.3 Å². The van der Waals surface area contributed by atoms with Crippen LogP contribution in [0.1, 0.15) is 17.4 Å². The van der Waals surface area contributed by atoms with E-state index in [0.29, 0.717) is 18.9 Å². The number of nitrogens with zero attached hydrogens (tertiary/aromatic N) is 1. The molecular formula is C13H17N3O2S2. The largest absolute Gasteiger partial charge is 0.370 e. The van der Waals surface area contributed by atoms with Crippen molar-refractivity contribution in [2.45, 2.75) is 25.3 Å². The van der Waals surface area contributed by atoms with Crippen molar-refractivity contribution in [2.75, 3.05) is 11.9 Å². The van der Waals surface area contributed by atoms with E-state index in [2.05, 4.69) is 15.0 Å². The normalized spacial score (nSPS) is 11.5. The zero-order valence-corrected chi connectivity index (χ0v) is 13.0. The number of aromatic nitrogens is 1. The Morgan fingerprint density at radius 3 is 2.80 bits per heavy atom. The molecule has 5 nitrogen and oxygen atoms in total. The molecular weight excluding hydrogens is 294 g/mol. The predicted molar refractivity (Wildman–Crippen MR) is 81.5 cm³/mol. The number of aryl methyl sites for hydroxylation is 1. The van der Waals surface area contributed by atoms with Crippen LogP contribution in [-0.4, -0.2) is 19.9 Å². The first-order chi connectivity index (χ1) is 9.53. The molecule has 20 heavy (non-hydrogen) atoms. The second-order valence-electron chi connectivity index (χ2n) is 4.26. The Balaban J connectivity index is 2.14. The fourth-order valence-electron chi connectivity index (χ4n) is 1.69. The van der Waals surface area contributed by atoms with Crippen LogP contribution in [0.3, 0.4) is 0 Å². The van der Waals surface area contributed by atoms with Crippen molar-refractivity contribution in [1.29, 1.82) is 0 Å². The minimum atomic E-state index is -3.52. The molecule has 0 aliphatic heterocycles. The topological polar surface area (TPSA) is 71.1 Å². The van der Waals surface area contributed by atoms with Crippen LogP contribution in [-0.2, 0) is 16.6 Å². The number of hydrogen-bond acceptors (Lipinski definition) is 5. The van der Waals surface area contributed by atoms with E-state index in [9.17, 15) is 8.42 Å². The molecule has 0 radical (unpaired) electrons. The Morgan fingerprint density at radius 1 is 1.35 bits per heavy atom. The van der Waals surface area contributed by atoms with Crippen molar-refractivity contribution < 1.29 is 8.42 Å². The van der Waals surface area contributed by atoms with E-state index in [1.165, 1.54) is 18.3 Å². The molecule has 7 heteroatoms. The van der Waals surface area contributed by atoms with Crippen molar-refractivity contribution in [3.63, 3.8) is 0 Å². The summed E-state index contributed by atoms with van der Waals surface area (Å²) >= 11 is 1.55. The lowest BCUT2D eigenvalue weighted by Crippen LogP contribution is -2.23. The van der Waals surface area contributed by atoms with E-state index in [1.807, 2.05) is 25.3 Å².